The predicted octanol–water partition coefficient (Wildman–Crippen LogP) is 2.61. The summed E-state index contributed by atoms with van der Waals surface area (Å²) >= 11 is 0. The van der Waals surface area contributed by atoms with Crippen molar-refractivity contribution in [1.29, 1.82) is 0 Å². The van der Waals surface area contributed by atoms with Crippen molar-refractivity contribution in [1.82, 2.24) is 5.32 Å². The molecule has 0 saturated carbocycles. The van der Waals surface area contributed by atoms with Crippen molar-refractivity contribution in [3.63, 3.8) is 0 Å². The monoisotopic (exact) mass is 327 g/mol. The van der Waals surface area contributed by atoms with Gasteiger partial charge in [-0.05, 0) is 57.1 Å². The number of carbonyl (C=O) groups is 2. The Morgan fingerprint density at radius 2 is 1.68 bits per heavy atom. The minimum Gasteiger partial charge on any atom is -0.450 e. The lowest BCUT2D eigenvalue weighted by Gasteiger charge is -2.21. The first-order valence-electron chi connectivity index (χ1n) is 7.24. The summed E-state index contributed by atoms with van der Waals surface area (Å²) in [5, 5.41) is 8.75. The van der Waals surface area contributed by atoms with Gasteiger partial charge in [-0.1, -0.05) is 0 Å². The number of amides is 2. The minimum absolute atomic E-state index is 0. The summed E-state index contributed by atoms with van der Waals surface area (Å²) < 4.78 is 4.79. The summed E-state index contributed by atoms with van der Waals surface area (Å²) in [6.45, 7) is 3.86. The molecule has 0 aliphatic carbocycles. The molecule has 7 heteroatoms. The molecule has 2 rings (SSSR count). The van der Waals surface area contributed by atoms with Crippen molar-refractivity contribution in [2.24, 2.45) is 5.92 Å². The number of rotatable bonds is 4. The van der Waals surface area contributed by atoms with Crippen LogP contribution >= 0.6 is 12.4 Å². The third kappa shape index (κ3) is 5.54. The van der Waals surface area contributed by atoms with Crippen LogP contribution < -0.4 is 16.0 Å². The van der Waals surface area contributed by atoms with Gasteiger partial charge in [0.15, 0.2) is 0 Å². The highest BCUT2D eigenvalue weighted by Gasteiger charge is 2.20. The summed E-state index contributed by atoms with van der Waals surface area (Å²) in [6, 6.07) is 6.99. The SMILES string of the molecule is CCOC(=O)Nc1ccc(NC(=O)C2CCNCC2)cc1.Cl. The zero-order chi connectivity index (χ0) is 15.1. The number of halogens is 1. The lowest BCUT2D eigenvalue weighted by atomic mass is 9.97. The maximum atomic E-state index is 12.1. The molecule has 22 heavy (non-hydrogen) atoms. The van der Waals surface area contributed by atoms with Gasteiger partial charge in [0.2, 0.25) is 5.91 Å². The van der Waals surface area contributed by atoms with Gasteiger partial charge in [0, 0.05) is 17.3 Å². The molecule has 0 atom stereocenters. The zero-order valence-electron chi connectivity index (χ0n) is 12.6. The highest BCUT2D eigenvalue weighted by molar-refractivity contribution is 5.93. The van der Waals surface area contributed by atoms with Gasteiger partial charge < -0.3 is 15.4 Å². The molecule has 0 radical (unpaired) electrons. The maximum Gasteiger partial charge on any atom is 0.411 e. The van der Waals surface area contributed by atoms with Crippen molar-refractivity contribution in [3.05, 3.63) is 24.3 Å². The van der Waals surface area contributed by atoms with E-state index in [1.165, 1.54) is 0 Å². The zero-order valence-corrected chi connectivity index (χ0v) is 13.4. The second-order valence-electron chi connectivity index (χ2n) is 4.94. The van der Waals surface area contributed by atoms with Crippen LogP contribution in [0.3, 0.4) is 0 Å². The first kappa shape index (κ1) is 18.3. The van der Waals surface area contributed by atoms with E-state index >= 15 is 0 Å². The molecule has 2 amide bonds. The van der Waals surface area contributed by atoms with Crippen LogP contribution in [-0.4, -0.2) is 31.7 Å². The highest BCUT2D eigenvalue weighted by Crippen LogP contribution is 2.17. The summed E-state index contributed by atoms with van der Waals surface area (Å²) in [5.74, 6) is 0.131. The fourth-order valence-corrected chi connectivity index (χ4v) is 2.25. The van der Waals surface area contributed by atoms with Gasteiger partial charge >= 0.3 is 6.09 Å². The molecule has 0 spiro atoms. The van der Waals surface area contributed by atoms with Gasteiger partial charge in [-0.3, -0.25) is 10.1 Å². The van der Waals surface area contributed by atoms with Crippen molar-refractivity contribution < 1.29 is 14.3 Å². The van der Waals surface area contributed by atoms with Crippen molar-refractivity contribution >= 4 is 35.8 Å². The van der Waals surface area contributed by atoms with E-state index in [2.05, 4.69) is 16.0 Å². The molecule has 0 bridgehead atoms. The van der Waals surface area contributed by atoms with E-state index in [0.29, 0.717) is 12.3 Å². The normalized spacial score (nSPS) is 14.6. The topological polar surface area (TPSA) is 79.5 Å². The van der Waals surface area contributed by atoms with Crippen LogP contribution in [0.2, 0.25) is 0 Å². The molecule has 0 unspecified atom stereocenters. The van der Waals surface area contributed by atoms with Crippen LogP contribution in [-0.2, 0) is 9.53 Å². The molecule has 6 nitrogen and oxygen atoms in total. The van der Waals surface area contributed by atoms with E-state index in [4.69, 9.17) is 4.74 Å². The van der Waals surface area contributed by atoms with Crippen molar-refractivity contribution in [2.75, 3.05) is 30.3 Å². The average Bonchev–Trinajstić information content (AvgIpc) is 2.50. The number of piperidine rings is 1. The van der Waals surface area contributed by atoms with Crippen LogP contribution in [0, 0.1) is 5.92 Å². The Hall–Kier alpha value is -1.79. The number of hydrogen-bond donors (Lipinski definition) is 3. The number of carbonyl (C=O) groups excluding carboxylic acids is 2. The molecule has 1 aromatic rings. The van der Waals surface area contributed by atoms with Gasteiger partial charge in [-0.2, -0.15) is 0 Å². The van der Waals surface area contributed by atoms with Crippen molar-refractivity contribution in [2.45, 2.75) is 19.8 Å². The fourth-order valence-electron chi connectivity index (χ4n) is 2.25. The second-order valence-corrected chi connectivity index (χ2v) is 4.94. The average molecular weight is 328 g/mol. The summed E-state index contributed by atoms with van der Waals surface area (Å²) in [5.41, 5.74) is 1.36. The largest absolute Gasteiger partial charge is 0.450 e. The Morgan fingerprint density at radius 1 is 1.14 bits per heavy atom. The van der Waals surface area contributed by atoms with E-state index in [1.54, 1.807) is 31.2 Å². The third-order valence-corrected chi connectivity index (χ3v) is 3.38. The summed E-state index contributed by atoms with van der Waals surface area (Å²) in [6.07, 6.45) is 1.26. The van der Waals surface area contributed by atoms with Gasteiger partial charge in [0.25, 0.3) is 0 Å². The van der Waals surface area contributed by atoms with Gasteiger partial charge in [0.1, 0.15) is 0 Å². The molecule has 1 heterocycles. The van der Waals surface area contributed by atoms with Gasteiger partial charge in [-0.25, -0.2) is 4.79 Å². The molecule has 1 aliphatic rings. The number of ether oxygens (including phenoxy) is 1. The van der Waals surface area contributed by atoms with Crippen molar-refractivity contribution in [3.8, 4) is 0 Å². The Morgan fingerprint density at radius 3 is 2.23 bits per heavy atom. The standard InChI is InChI=1S/C15H21N3O3.ClH/c1-2-21-15(20)18-13-5-3-12(4-6-13)17-14(19)11-7-9-16-10-8-11;/h3-6,11,16H,2,7-10H2,1H3,(H,17,19)(H,18,20);1H. The third-order valence-electron chi connectivity index (χ3n) is 3.38. The molecular formula is C15H22ClN3O3. The highest BCUT2D eigenvalue weighted by atomic mass is 35.5. The maximum absolute atomic E-state index is 12.1. The molecule has 1 aliphatic heterocycles. The Kier molecular flexibility index (Phi) is 7.70. The number of nitrogens with one attached hydrogen (secondary N) is 3. The number of benzene rings is 1. The lowest BCUT2D eigenvalue weighted by Crippen LogP contribution is -2.34. The second kappa shape index (κ2) is 9.27. The van der Waals surface area contributed by atoms with E-state index in [9.17, 15) is 9.59 Å². The van der Waals surface area contributed by atoms with Crippen LogP contribution in [0.1, 0.15) is 19.8 Å². The van der Waals surface area contributed by atoms with E-state index in [1.807, 2.05) is 0 Å². The Labute approximate surface area is 136 Å². The molecule has 1 saturated heterocycles. The Balaban J connectivity index is 0.00000242. The smallest absolute Gasteiger partial charge is 0.411 e. The van der Waals surface area contributed by atoms with Crippen LogP contribution in [0.25, 0.3) is 0 Å². The van der Waals surface area contributed by atoms with Gasteiger partial charge in [0.05, 0.1) is 6.61 Å². The van der Waals surface area contributed by atoms with E-state index in [-0.39, 0.29) is 24.2 Å². The summed E-state index contributed by atoms with van der Waals surface area (Å²) in [7, 11) is 0. The predicted molar refractivity (Wildman–Crippen MR) is 88.6 cm³/mol. The molecule has 122 valence electrons. The minimum atomic E-state index is -0.482. The first-order chi connectivity index (χ1) is 10.2. The molecule has 1 fully saturated rings. The quantitative estimate of drug-likeness (QED) is 0.794. The molecule has 0 aromatic heterocycles. The molecule has 1 aromatic carbocycles. The first-order valence-corrected chi connectivity index (χ1v) is 7.24. The van der Waals surface area contributed by atoms with Crippen LogP contribution in [0.5, 0.6) is 0 Å². The van der Waals surface area contributed by atoms with E-state index < -0.39 is 6.09 Å². The molecule has 3 N–H and O–H groups in total. The van der Waals surface area contributed by atoms with Crippen LogP contribution in [0.4, 0.5) is 16.2 Å². The molecular weight excluding hydrogens is 306 g/mol. The Bertz CT molecular complexity index is 487. The van der Waals surface area contributed by atoms with Crippen LogP contribution in [0.15, 0.2) is 24.3 Å². The van der Waals surface area contributed by atoms with Gasteiger partial charge in [-0.15, -0.1) is 12.4 Å². The lowest BCUT2D eigenvalue weighted by molar-refractivity contribution is -0.120. The van der Waals surface area contributed by atoms with E-state index in [0.717, 1.165) is 31.6 Å². The number of hydrogen-bond acceptors (Lipinski definition) is 4. The summed E-state index contributed by atoms with van der Waals surface area (Å²) in [4.78, 5) is 23.4. The number of anilines is 2. The fraction of sp³-hybridized carbons (Fsp3) is 0.467.